The van der Waals surface area contributed by atoms with Gasteiger partial charge in [-0.1, -0.05) is 48.5 Å². The second-order valence-electron chi connectivity index (χ2n) is 8.10. The predicted octanol–water partition coefficient (Wildman–Crippen LogP) is 1.84. The molecule has 1 aromatic heterocycles. The van der Waals surface area contributed by atoms with Crippen LogP contribution < -0.4 is 5.32 Å². The van der Waals surface area contributed by atoms with Crippen LogP contribution in [0.3, 0.4) is 0 Å². The van der Waals surface area contributed by atoms with Crippen LogP contribution in [0.25, 0.3) is 11.4 Å². The third-order valence-electron chi connectivity index (χ3n) is 6.04. The van der Waals surface area contributed by atoms with E-state index in [-0.39, 0.29) is 12.5 Å². The molecule has 0 aliphatic carbocycles. The maximum atomic E-state index is 13.0. The zero-order valence-electron chi connectivity index (χ0n) is 16.9. The fourth-order valence-electron chi connectivity index (χ4n) is 4.36. The Morgan fingerprint density at radius 3 is 2.26 bits per heavy atom. The average molecular weight is 438 g/mol. The highest BCUT2D eigenvalue weighted by Crippen LogP contribution is 2.31. The number of carbonyl (C=O) groups excluding carboxylic acids is 1. The largest absolute Gasteiger partial charge is 0.349 e. The van der Waals surface area contributed by atoms with Gasteiger partial charge in [0.1, 0.15) is 12.4 Å². The Morgan fingerprint density at radius 1 is 0.935 bits per heavy atom. The molecule has 2 aliphatic rings. The first-order chi connectivity index (χ1) is 15.0. The standard InChI is InChI=1S/C22H23N5O3S/c28-20-16-27-19(23-21(25-27)17-7-3-1-4-8-17)15-22(24-20)11-13-26(14-12-22)31(29,30)18-9-5-2-6-10-18/h1-10H,11-16H2,(H,24,28). The smallest absolute Gasteiger partial charge is 0.243 e. The molecule has 1 N–H and O–H groups in total. The van der Waals surface area contributed by atoms with Gasteiger partial charge in [-0.05, 0) is 25.0 Å². The Labute approximate surface area is 181 Å². The predicted molar refractivity (Wildman–Crippen MR) is 114 cm³/mol. The van der Waals surface area contributed by atoms with Crippen LogP contribution in [0.4, 0.5) is 0 Å². The lowest BCUT2D eigenvalue weighted by atomic mass is 9.85. The van der Waals surface area contributed by atoms with Gasteiger partial charge in [0.25, 0.3) is 0 Å². The molecule has 2 aromatic carbocycles. The van der Waals surface area contributed by atoms with E-state index >= 15 is 0 Å². The number of nitrogens with one attached hydrogen (secondary N) is 1. The van der Waals surface area contributed by atoms with Crippen LogP contribution in [0.5, 0.6) is 0 Å². The normalized spacial score (nSPS) is 18.9. The van der Waals surface area contributed by atoms with Crippen LogP contribution in [-0.2, 0) is 27.8 Å². The van der Waals surface area contributed by atoms with E-state index < -0.39 is 15.6 Å². The summed E-state index contributed by atoms with van der Waals surface area (Å²) in [4.78, 5) is 17.6. The van der Waals surface area contributed by atoms with E-state index in [1.807, 2.05) is 30.3 Å². The minimum Gasteiger partial charge on any atom is -0.349 e. The molecule has 160 valence electrons. The Morgan fingerprint density at radius 2 is 1.58 bits per heavy atom. The average Bonchev–Trinajstić information content (AvgIpc) is 3.11. The van der Waals surface area contributed by atoms with Crippen molar-refractivity contribution in [1.82, 2.24) is 24.4 Å². The third kappa shape index (κ3) is 3.75. The summed E-state index contributed by atoms with van der Waals surface area (Å²) >= 11 is 0. The lowest BCUT2D eigenvalue weighted by molar-refractivity contribution is -0.123. The number of hydrogen-bond donors (Lipinski definition) is 1. The SMILES string of the molecule is O=C1Cn2nc(-c3ccccc3)nc2CC2(CCN(S(=O)(=O)c3ccccc3)CC2)N1. The van der Waals surface area contributed by atoms with E-state index in [2.05, 4.69) is 10.4 Å². The summed E-state index contributed by atoms with van der Waals surface area (Å²) in [5, 5.41) is 7.68. The van der Waals surface area contributed by atoms with Crippen molar-refractivity contribution in [3.8, 4) is 11.4 Å². The molecule has 1 saturated heterocycles. The zero-order chi connectivity index (χ0) is 21.5. The number of benzene rings is 2. The molecule has 2 aliphatic heterocycles. The minimum absolute atomic E-state index is 0.114. The van der Waals surface area contributed by atoms with Crippen molar-refractivity contribution < 1.29 is 13.2 Å². The maximum Gasteiger partial charge on any atom is 0.243 e. The Hall–Kier alpha value is -3.04. The van der Waals surface area contributed by atoms with Crippen LogP contribution in [0.2, 0.25) is 0 Å². The minimum atomic E-state index is -3.54. The van der Waals surface area contributed by atoms with Crippen LogP contribution in [-0.4, -0.2) is 52.0 Å². The topological polar surface area (TPSA) is 97.2 Å². The van der Waals surface area contributed by atoms with Crippen molar-refractivity contribution >= 4 is 15.9 Å². The molecule has 9 heteroatoms. The molecule has 0 bridgehead atoms. The van der Waals surface area contributed by atoms with Gasteiger partial charge in [-0.25, -0.2) is 18.1 Å². The second-order valence-corrected chi connectivity index (χ2v) is 10.0. The highest BCUT2D eigenvalue weighted by Gasteiger charge is 2.42. The molecule has 3 aromatic rings. The van der Waals surface area contributed by atoms with Crippen molar-refractivity contribution in [1.29, 1.82) is 0 Å². The number of nitrogens with zero attached hydrogens (tertiary/aromatic N) is 4. The number of rotatable bonds is 3. The number of sulfonamides is 1. The number of aromatic nitrogens is 3. The lowest BCUT2D eigenvalue weighted by Gasteiger charge is -2.40. The molecular formula is C22H23N5O3S. The number of carbonyl (C=O) groups is 1. The third-order valence-corrected chi connectivity index (χ3v) is 7.95. The summed E-state index contributed by atoms with van der Waals surface area (Å²) in [7, 11) is -3.54. The summed E-state index contributed by atoms with van der Waals surface area (Å²) in [5.41, 5.74) is 0.385. The molecule has 31 heavy (non-hydrogen) atoms. The van der Waals surface area contributed by atoms with Crippen molar-refractivity contribution in [2.24, 2.45) is 0 Å². The zero-order valence-corrected chi connectivity index (χ0v) is 17.8. The van der Waals surface area contributed by atoms with Crippen molar-refractivity contribution in [2.45, 2.75) is 36.2 Å². The summed E-state index contributed by atoms with van der Waals surface area (Å²) in [6, 6.07) is 18.1. The fraction of sp³-hybridized carbons (Fsp3) is 0.318. The van der Waals surface area contributed by atoms with Gasteiger partial charge in [-0.3, -0.25) is 4.79 Å². The van der Waals surface area contributed by atoms with Crippen LogP contribution >= 0.6 is 0 Å². The van der Waals surface area contributed by atoms with Gasteiger partial charge in [0.2, 0.25) is 15.9 Å². The number of piperidine rings is 1. The molecule has 8 nitrogen and oxygen atoms in total. The molecule has 1 amide bonds. The number of amides is 1. The van der Waals surface area contributed by atoms with Gasteiger partial charge in [0.05, 0.1) is 4.90 Å². The van der Waals surface area contributed by atoms with Crippen molar-refractivity contribution in [3.05, 3.63) is 66.5 Å². The van der Waals surface area contributed by atoms with Crippen LogP contribution in [0, 0.1) is 0 Å². The van der Waals surface area contributed by atoms with Gasteiger partial charge in [0.15, 0.2) is 5.82 Å². The van der Waals surface area contributed by atoms with Gasteiger partial charge in [-0.15, -0.1) is 0 Å². The van der Waals surface area contributed by atoms with E-state index in [9.17, 15) is 13.2 Å². The molecule has 1 spiro atoms. The summed E-state index contributed by atoms with van der Waals surface area (Å²) in [6.45, 7) is 0.803. The fourth-order valence-corrected chi connectivity index (χ4v) is 5.82. The first kappa shape index (κ1) is 19.9. The summed E-state index contributed by atoms with van der Waals surface area (Å²) in [5.74, 6) is 1.23. The quantitative estimate of drug-likeness (QED) is 0.674. The van der Waals surface area contributed by atoms with Crippen molar-refractivity contribution in [3.63, 3.8) is 0 Å². The number of hydrogen-bond acceptors (Lipinski definition) is 5. The first-order valence-corrected chi connectivity index (χ1v) is 11.7. The van der Waals surface area contributed by atoms with E-state index in [1.54, 1.807) is 35.0 Å². The highest BCUT2D eigenvalue weighted by atomic mass is 32.2. The lowest BCUT2D eigenvalue weighted by Crippen LogP contribution is -2.56. The van der Waals surface area contributed by atoms with E-state index in [0.717, 1.165) is 11.4 Å². The molecular weight excluding hydrogens is 414 g/mol. The molecule has 3 heterocycles. The first-order valence-electron chi connectivity index (χ1n) is 10.3. The Balaban J connectivity index is 1.38. The van der Waals surface area contributed by atoms with Crippen LogP contribution in [0.15, 0.2) is 65.6 Å². The number of fused-ring (bicyclic) bond motifs is 1. The summed E-state index contributed by atoms with van der Waals surface area (Å²) in [6.07, 6.45) is 1.58. The molecule has 0 saturated carbocycles. The molecule has 0 atom stereocenters. The monoisotopic (exact) mass is 437 g/mol. The maximum absolute atomic E-state index is 13.0. The summed E-state index contributed by atoms with van der Waals surface area (Å²) < 4.78 is 29.1. The van der Waals surface area contributed by atoms with E-state index in [1.165, 1.54) is 4.31 Å². The molecule has 1 fully saturated rings. The van der Waals surface area contributed by atoms with Gasteiger partial charge in [0, 0.05) is 30.6 Å². The molecule has 0 radical (unpaired) electrons. The van der Waals surface area contributed by atoms with Gasteiger partial charge >= 0.3 is 0 Å². The van der Waals surface area contributed by atoms with E-state index in [0.29, 0.717) is 43.1 Å². The second kappa shape index (κ2) is 7.58. The van der Waals surface area contributed by atoms with Crippen LogP contribution in [0.1, 0.15) is 18.7 Å². The highest BCUT2D eigenvalue weighted by molar-refractivity contribution is 7.89. The van der Waals surface area contributed by atoms with Crippen molar-refractivity contribution in [2.75, 3.05) is 13.1 Å². The van der Waals surface area contributed by atoms with Gasteiger partial charge in [-0.2, -0.15) is 9.40 Å². The molecule has 5 rings (SSSR count). The van der Waals surface area contributed by atoms with Gasteiger partial charge < -0.3 is 5.32 Å². The Kier molecular flexibility index (Phi) is 4.86. The Bertz CT molecular complexity index is 1200. The molecule has 0 unspecified atom stereocenters. The van der Waals surface area contributed by atoms with E-state index in [4.69, 9.17) is 4.98 Å².